The van der Waals surface area contributed by atoms with Crippen molar-refractivity contribution < 1.29 is 4.79 Å². The molecule has 1 amide bonds. The highest BCUT2D eigenvalue weighted by Crippen LogP contribution is 2.45. The van der Waals surface area contributed by atoms with Crippen LogP contribution in [0.1, 0.15) is 45.1 Å². The number of amides is 1. The zero-order chi connectivity index (χ0) is 15.2. The molecule has 3 nitrogen and oxygen atoms in total. The van der Waals surface area contributed by atoms with E-state index in [9.17, 15) is 4.79 Å². The number of hydrogen-bond donors (Lipinski definition) is 1. The van der Waals surface area contributed by atoms with E-state index in [0.29, 0.717) is 6.54 Å². The zero-order valence-electron chi connectivity index (χ0n) is 12.7. The summed E-state index contributed by atoms with van der Waals surface area (Å²) in [6.45, 7) is 5.01. The van der Waals surface area contributed by atoms with Crippen molar-refractivity contribution in [1.29, 1.82) is 0 Å². The van der Waals surface area contributed by atoms with E-state index in [1.807, 2.05) is 23.1 Å². The van der Waals surface area contributed by atoms with Crippen LogP contribution in [0.15, 0.2) is 18.2 Å². The van der Waals surface area contributed by atoms with Crippen molar-refractivity contribution in [3.05, 3.63) is 28.8 Å². The second-order valence-corrected chi connectivity index (χ2v) is 7.47. The number of carbonyl (C=O) groups is 1. The number of nitrogens with zero attached hydrogens (tertiary/aromatic N) is 1. The predicted octanol–water partition coefficient (Wildman–Crippen LogP) is 3.48. The van der Waals surface area contributed by atoms with Gasteiger partial charge in [-0.1, -0.05) is 37.9 Å². The van der Waals surface area contributed by atoms with E-state index in [1.54, 1.807) is 0 Å². The van der Waals surface area contributed by atoms with Gasteiger partial charge in [0.15, 0.2) is 0 Å². The van der Waals surface area contributed by atoms with Crippen LogP contribution in [-0.4, -0.2) is 18.5 Å². The molecule has 1 heterocycles. The average molecular weight is 307 g/mol. The van der Waals surface area contributed by atoms with E-state index in [0.717, 1.165) is 42.0 Å². The molecule has 2 aliphatic rings. The monoisotopic (exact) mass is 306 g/mol. The first-order valence-corrected chi connectivity index (χ1v) is 8.14. The molecular formula is C17H23ClN2O. The maximum absolute atomic E-state index is 12.9. The molecule has 1 fully saturated rings. The van der Waals surface area contributed by atoms with Gasteiger partial charge in [-0.25, -0.2) is 0 Å². The Morgan fingerprint density at radius 2 is 2.14 bits per heavy atom. The van der Waals surface area contributed by atoms with Gasteiger partial charge >= 0.3 is 0 Å². The second kappa shape index (κ2) is 5.29. The minimum Gasteiger partial charge on any atom is -0.328 e. The molecule has 0 bridgehead atoms. The van der Waals surface area contributed by atoms with Gasteiger partial charge in [-0.3, -0.25) is 4.79 Å². The molecule has 1 saturated carbocycles. The van der Waals surface area contributed by atoms with Crippen molar-refractivity contribution in [3.63, 3.8) is 0 Å². The number of carbonyl (C=O) groups excluding carboxylic acids is 1. The Bertz CT molecular complexity index is 570. The van der Waals surface area contributed by atoms with Gasteiger partial charge < -0.3 is 10.6 Å². The molecule has 21 heavy (non-hydrogen) atoms. The van der Waals surface area contributed by atoms with Crippen molar-refractivity contribution in [2.75, 3.05) is 11.4 Å². The SMILES string of the molecule is CC1(C)CN(C(=O)C2CCCC(N)C2)c2cccc(Cl)c21. The van der Waals surface area contributed by atoms with Crippen LogP contribution in [0.25, 0.3) is 0 Å². The summed E-state index contributed by atoms with van der Waals surface area (Å²) >= 11 is 6.38. The normalized spacial score (nSPS) is 27.5. The first-order chi connectivity index (χ1) is 9.90. The van der Waals surface area contributed by atoms with Crippen LogP contribution in [0.2, 0.25) is 5.02 Å². The van der Waals surface area contributed by atoms with Gasteiger partial charge in [0.2, 0.25) is 5.91 Å². The van der Waals surface area contributed by atoms with Crippen LogP contribution < -0.4 is 10.6 Å². The van der Waals surface area contributed by atoms with Crippen LogP contribution in [0.5, 0.6) is 0 Å². The number of fused-ring (bicyclic) bond motifs is 1. The highest BCUT2D eigenvalue weighted by atomic mass is 35.5. The zero-order valence-corrected chi connectivity index (χ0v) is 13.5. The Labute approximate surface area is 131 Å². The number of nitrogens with two attached hydrogens (primary N) is 1. The van der Waals surface area contributed by atoms with Crippen molar-refractivity contribution in [3.8, 4) is 0 Å². The molecule has 3 rings (SSSR count). The summed E-state index contributed by atoms with van der Waals surface area (Å²) in [6, 6.07) is 6.01. The highest BCUT2D eigenvalue weighted by molar-refractivity contribution is 6.32. The lowest BCUT2D eigenvalue weighted by molar-refractivity contribution is -0.123. The van der Waals surface area contributed by atoms with E-state index in [1.165, 1.54) is 0 Å². The molecule has 1 aromatic rings. The third-order valence-corrected chi connectivity index (χ3v) is 5.16. The van der Waals surface area contributed by atoms with E-state index in [4.69, 9.17) is 17.3 Å². The van der Waals surface area contributed by atoms with Crippen LogP contribution in [0.4, 0.5) is 5.69 Å². The third kappa shape index (κ3) is 2.58. The molecule has 114 valence electrons. The largest absolute Gasteiger partial charge is 0.328 e. The lowest BCUT2D eigenvalue weighted by Gasteiger charge is -2.30. The Hall–Kier alpha value is -1.06. The first-order valence-electron chi connectivity index (χ1n) is 7.76. The van der Waals surface area contributed by atoms with Crippen molar-refractivity contribution in [2.24, 2.45) is 11.7 Å². The van der Waals surface area contributed by atoms with E-state index < -0.39 is 0 Å². The average Bonchev–Trinajstić information content (AvgIpc) is 2.71. The minimum atomic E-state index is -0.0971. The summed E-state index contributed by atoms with van der Waals surface area (Å²) in [5.41, 5.74) is 8.03. The molecule has 0 spiro atoms. The number of anilines is 1. The summed E-state index contributed by atoms with van der Waals surface area (Å²) in [7, 11) is 0. The molecule has 0 aromatic heterocycles. The number of hydrogen-bond acceptors (Lipinski definition) is 2. The molecule has 1 aliphatic heterocycles. The summed E-state index contributed by atoms with van der Waals surface area (Å²) in [5, 5.41) is 0.758. The third-order valence-electron chi connectivity index (χ3n) is 4.84. The van der Waals surface area contributed by atoms with Crippen LogP contribution in [-0.2, 0) is 10.2 Å². The summed E-state index contributed by atoms with van der Waals surface area (Å²) in [4.78, 5) is 14.9. The molecular weight excluding hydrogens is 284 g/mol. The van der Waals surface area contributed by atoms with Gasteiger partial charge in [0.1, 0.15) is 0 Å². The molecule has 0 radical (unpaired) electrons. The number of halogens is 1. The lowest BCUT2D eigenvalue weighted by Crippen LogP contribution is -2.41. The Morgan fingerprint density at radius 1 is 1.38 bits per heavy atom. The van der Waals surface area contributed by atoms with Crippen LogP contribution in [0.3, 0.4) is 0 Å². The summed E-state index contributed by atoms with van der Waals surface area (Å²) in [6.07, 6.45) is 3.86. The van der Waals surface area contributed by atoms with Crippen molar-refractivity contribution in [2.45, 2.75) is 51.0 Å². The van der Waals surface area contributed by atoms with Crippen LogP contribution >= 0.6 is 11.6 Å². The quantitative estimate of drug-likeness (QED) is 0.863. The smallest absolute Gasteiger partial charge is 0.230 e. The molecule has 4 heteroatoms. The number of rotatable bonds is 1. The molecule has 1 aliphatic carbocycles. The Kier molecular flexibility index (Phi) is 3.74. The standard InChI is InChI=1S/C17H23ClN2O/c1-17(2)10-20(14-8-4-7-13(18)15(14)17)16(21)11-5-3-6-12(19)9-11/h4,7-8,11-12H,3,5-6,9-10,19H2,1-2H3. The molecule has 2 N–H and O–H groups in total. The molecule has 2 unspecified atom stereocenters. The van der Waals surface area contributed by atoms with E-state index in [-0.39, 0.29) is 23.3 Å². The molecule has 1 aromatic carbocycles. The molecule has 0 saturated heterocycles. The van der Waals surface area contributed by atoms with Gasteiger partial charge in [-0.2, -0.15) is 0 Å². The van der Waals surface area contributed by atoms with Gasteiger partial charge in [0.05, 0.1) is 0 Å². The van der Waals surface area contributed by atoms with E-state index >= 15 is 0 Å². The maximum Gasteiger partial charge on any atom is 0.230 e. The number of benzene rings is 1. The fourth-order valence-electron chi connectivity index (χ4n) is 3.84. The maximum atomic E-state index is 12.9. The second-order valence-electron chi connectivity index (χ2n) is 7.07. The fourth-order valence-corrected chi connectivity index (χ4v) is 4.26. The Balaban J connectivity index is 1.91. The molecule has 2 atom stereocenters. The van der Waals surface area contributed by atoms with Crippen molar-refractivity contribution >= 4 is 23.2 Å². The van der Waals surface area contributed by atoms with Gasteiger partial charge in [-0.15, -0.1) is 0 Å². The highest BCUT2D eigenvalue weighted by Gasteiger charge is 2.41. The van der Waals surface area contributed by atoms with Crippen LogP contribution in [0, 0.1) is 5.92 Å². The lowest BCUT2D eigenvalue weighted by atomic mass is 9.85. The topological polar surface area (TPSA) is 46.3 Å². The van der Waals surface area contributed by atoms with Gasteiger partial charge in [-0.05, 0) is 31.4 Å². The van der Waals surface area contributed by atoms with E-state index in [2.05, 4.69) is 13.8 Å². The fraction of sp³-hybridized carbons (Fsp3) is 0.588. The predicted molar refractivity (Wildman–Crippen MR) is 86.8 cm³/mol. The summed E-state index contributed by atoms with van der Waals surface area (Å²) < 4.78 is 0. The van der Waals surface area contributed by atoms with Crippen molar-refractivity contribution in [1.82, 2.24) is 0 Å². The Morgan fingerprint density at radius 3 is 2.86 bits per heavy atom. The van der Waals surface area contributed by atoms with Gasteiger partial charge in [0.25, 0.3) is 0 Å². The van der Waals surface area contributed by atoms with Gasteiger partial charge in [0, 0.05) is 40.2 Å². The minimum absolute atomic E-state index is 0.0643. The first kappa shape index (κ1) is 14.9. The summed E-state index contributed by atoms with van der Waals surface area (Å²) in [5.74, 6) is 0.286.